The summed E-state index contributed by atoms with van der Waals surface area (Å²) in [5.74, 6) is -0.910. The molecule has 7 heteroatoms. The number of halogens is 2. The minimum atomic E-state index is -1.15. The highest BCUT2D eigenvalue weighted by molar-refractivity contribution is 8.00. The Bertz CT molecular complexity index is 465. The maximum Gasteiger partial charge on any atom is 0.327 e. The predicted octanol–water partition coefficient (Wildman–Crippen LogP) is 3.18. The molecule has 1 unspecified atom stereocenters. The van der Waals surface area contributed by atoms with Crippen molar-refractivity contribution >= 4 is 23.1 Å². The Labute approximate surface area is 107 Å². The highest BCUT2D eigenvalue weighted by Gasteiger charge is 2.23. The molecule has 0 amide bonds. The van der Waals surface area contributed by atoms with E-state index in [-0.39, 0.29) is 5.69 Å². The summed E-state index contributed by atoms with van der Waals surface area (Å²) < 4.78 is 26.4. The van der Waals surface area contributed by atoms with Gasteiger partial charge in [0.15, 0.2) is 0 Å². The fourth-order valence-electron chi connectivity index (χ4n) is 1.92. The molecule has 1 aliphatic heterocycles. The summed E-state index contributed by atoms with van der Waals surface area (Å²) in [6.45, 7) is 0.481. The lowest BCUT2D eigenvalue weighted by molar-refractivity contribution is -0.386. The van der Waals surface area contributed by atoms with Crippen molar-refractivity contribution in [2.75, 3.05) is 17.6 Å². The van der Waals surface area contributed by atoms with Crippen LogP contribution in [0.3, 0.4) is 0 Å². The molecule has 1 aliphatic rings. The summed E-state index contributed by atoms with van der Waals surface area (Å²) in [5.41, 5.74) is -0.788. The number of hydrogen-bond acceptors (Lipinski definition) is 4. The Kier molecular flexibility index (Phi) is 4.00. The number of nitrogens with zero attached hydrogens (tertiary/aromatic N) is 1. The summed E-state index contributed by atoms with van der Waals surface area (Å²) in [4.78, 5) is 9.91. The molecule has 1 atom stereocenters. The first-order valence-electron chi connectivity index (χ1n) is 5.57. The molecule has 0 spiro atoms. The van der Waals surface area contributed by atoms with E-state index in [0.717, 1.165) is 24.7 Å². The summed E-state index contributed by atoms with van der Waals surface area (Å²) >= 11 is 1.76. The third-order valence-corrected chi connectivity index (χ3v) is 4.15. The molecular weight excluding hydrogens is 262 g/mol. The molecule has 2 rings (SSSR count). The number of anilines is 1. The monoisotopic (exact) mass is 274 g/mol. The van der Waals surface area contributed by atoms with E-state index in [1.165, 1.54) is 0 Å². The SMILES string of the molecule is O=[N+]([O-])c1c(F)cc(F)cc1NCC1CCCS1. The molecule has 1 saturated heterocycles. The zero-order chi connectivity index (χ0) is 13.1. The summed E-state index contributed by atoms with van der Waals surface area (Å²) in [6, 6.07) is 1.48. The number of hydrogen-bond donors (Lipinski definition) is 1. The van der Waals surface area contributed by atoms with Gasteiger partial charge in [0.25, 0.3) is 0 Å². The normalized spacial score (nSPS) is 18.9. The van der Waals surface area contributed by atoms with Gasteiger partial charge < -0.3 is 5.32 Å². The van der Waals surface area contributed by atoms with E-state index in [1.807, 2.05) is 0 Å². The van der Waals surface area contributed by atoms with Crippen molar-refractivity contribution in [1.29, 1.82) is 0 Å². The summed E-state index contributed by atoms with van der Waals surface area (Å²) in [7, 11) is 0. The van der Waals surface area contributed by atoms with Gasteiger partial charge in [0.1, 0.15) is 11.5 Å². The van der Waals surface area contributed by atoms with E-state index in [0.29, 0.717) is 17.9 Å². The van der Waals surface area contributed by atoms with Crippen LogP contribution in [0.5, 0.6) is 0 Å². The van der Waals surface area contributed by atoms with Crippen LogP contribution in [0, 0.1) is 21.7 Å². The van der Waals surface area contributed by atoms with Crippen LogP contribution in [0.25, 0.3) is 0 Å². The predicted molar refractivity (Wildman–Crippen MR) is 67.0 cm³/mol. The van der Waals surface area contributed by atoms with Crippen molar-refractivity contribution in [2.45, 2.75) is 18.1 Å². The Morgan fingerprint density at radius 3 is 2.89 bits per heavy atom. The molecule has 1 N–H and O–H groups in total. The Balaban J connectivity index is 2.16. The number of nitro groups is 1. The van der Waals surface area contributed by atoms with Gasteiger partial charge in [-0.25, -0.2) is 4.39 Å². The molecule has 0 aliphatic carbocycles. The molecule has 0 bridgehead atoms. The van der Waals surface area contributed by atoms with Gasteiger partial charge in [-0.15, -0.1) is 0 Å². The van der Waals surface area contributed by atoms with Gasteiger partial charge >= 0.3 is 5.69 Å². The second-order valence-corrected chi connectivity index (χ2v) is 5.47. The van der Waals surface area contributed by atoms with E-state index in [4.69, 9.17) is 0 Å². The van der Waals surface area contributed by atoms with E-state index in [1.54, 1.807) is 11.8 Å². The standard InChI is InChI=1S/C11H12F2N2O2S/c12-7-4-9(13)11(15(16)17)10(5-7)14-6-8-2-1-3-18-8/h4-5,8,14H,1-3,6H2. The summed E-state index contributed by atoms with van der Waals surface area (Å²) in [6.07, 6.45) is 2.12. The molecule has 18 heavy (non-hydrogen) atoms. The first-order chi connectivity index (χ1) is 8.58. The molecule has 0 saturated carbocycles. The Morgan fingerprint density at radius 2 is 2.28 bits per heavy atom. The average molecular weight is 274 g/mol. The number of nitro benzene ring substituents is 1. The fraction of sp³-hybridized carbons (Fsp3) is 0.455. The van der Waals surface area contributed by atoms with Crippen LogP contribution in [-0.2, 0) is 0 Å². The average Bonchev–Trinajstić information content (AvgIpc) is 2.77. The second-order valence-electron chi connectivity index (χ2n) is 4.06. The van der Waals surface area contributed by atoms with Crippen LogP contribution >= 0.6 is 11.8 Å². The minimum Gasteiger partial charge on any atom is -0.378 e. The topological polar surface area (TPSA) is 55.2 Å². The Morgan fingerprint density at radius 1 is 1.50 bits per heavy atom. The molecule has 0 radical (unpaired) electrons. The third-order valence-electron chi connectivity index (χ3n) is 2.75. The number of thioether (sulfide) groups is 1. The van der Waals surface area contributed by atoms with Crippen molar-refractivity contribution in [3.8, 4) is 0 Å². The molecule has 1 fully saturated rings. The summed E-state index contributed by atoms with van der Waals surface area (Å²) in [5, 5.41) is 13.9. The highest BCUT2D eigenvalue weighted by Crippen LogP contribution is 2.31. The second kappa shape index (κ2) is 5.51. The van der Waals surface area contributed by atoms with Gasteiger partial charge in [-0.1, -0.05) is 0 Å². The minimum absolute atomic E-state index is 0.0926. The number of nitrogens with one attached hydrogen (secondary N) is 1. The lowest BCUT2D eigenvalue weighted by atomic mass is 10.2. The van der Waals surface area contributed by atoms with Crippen molar-refractivity contribution < 1.29 is 13.7 Å². The highest BCUT2D eigenvalue weighted by atomic mass is 32.2. The maximum atomic E-state index is 13.3. The van der Waals surface area contributed by atoms with E-state index in [9.17, 15) is 18.9 Å². The molecule has 0 aromatic heterocycles. The quantitative estimate of drug-likeness (QED) is 0.676. The fourth-order valence-corrected chi connectivity index (χ4v) is 3.12. The first-order valence-corrected chi connectivity index (χ1v) is 6.61. The van der Waals surface area contributed by atoms with E-state index >= 15 is 0 Å². The van der Waals surface area contributed by atoms with Crippen molar-refractivity contribution in [1.82, 2.24) is 0 Å². The van der Waals surface area contributed by atoms with Crippen LogP contribution < -0.4 is 5.32 Å². The maximum absolute atomic E-state index is 13.3. The van der Waals surface area contributed by atoms with Gasteiger partial charge in [0.05, 0.1) is 4.92 Å². The lowest BCUT2D eigenvalue weighted by Gasteiger charge is -2.11. The van der Waals surface area contributed by atoms with Crippen molar-refractivity contribution in [2.24, 2.45) is 0 Å². The molecule has 1 aromatic carbocycles. The van der Waals surface area contributed by atoms with Crippen LogP contribution in [0.15, 0.2) is 12.1 Å². The van der Waals surface area contributed by atoms with E-state index in [2.05, 4.69) is 5.32 Å². The van der Waals surface area contributed by atoms with Gasteiger partial charge in [0.2, 0.25) is 5.82 Å². The zero-order valence-corrected chi connectivity index (χ0v) is 10.3. The number of benzene rings is 1. The van der Waals surface area contributed by atoms with Gasteiger partial charge in [-0.05, 0) is 18.6 Å². The van der Waals surface area contributed by atoms with Gasteiger partial charge in [-0.3, -0.25) is 10.1 Å². The van der Waals surface area contributed by atoms with Crippen LogP contribution in [-0.4, -0.2) is 22.5 Å². The van der Waals surface area contributed by atoms with Crippen molar-refractivity contribution in [3.05, 3.63) is 33.9 Å². The molecular formula is C11H12F2N2O2S. The molecule has 1 heterocycles. The Hall–Kier alpha value is -1.37. The smallest absolute Gasteiger partial charge is 0.327 e. The van der Waals surface area contributed by atoms with Gasteiger partial charge in [0, 0.05) is 23.9 Å². The molecule has 98 valence electrons. The third kappa shape index (κ3) is 2.90. The van der Waals surface area contributed by atoms with Crippen LogP contribution in [0.4, 0.5) is 20.2 Å². The van der Waals surface area contributed by atoms with E-state index < -0.39 is 22.2 Å². The first kappa shape index (κ1) is 13.1. The molecule has 1 aromatic rings. The number of rotatable bonds is 4. The zero-order valence-electron chi connectivity index (χ0n) is 9.49. The largest absolute Gasteiger partial charge is 0.378 e. The van der Waals surface area contributed by atoms with Crippen LogP contribution in [0.1, 0.15) is 12.8 Å². The van der Waals surface area contributed by atoms with Crippen molar-refractivity contribution in [3.63, 3.8) is 0 Å². The lowest BCUT2D eigenvalue weighted by Crippen LogP contribution is -2.15. The van der Waals surface area contributed by atoms with Gasteiger partial charge in [-0.2, -0.15) is 16.2 Å². The van der Waals surface area contributed by atoms with Crippen LogP contribution in [0.2, 0.25) is 0 Å². The molecule has 4 nitrogen and oxygen atoms in total.